The van der Waals surface area contributed by atoms with Crippen LogP contribution in [0, 0.1) is 0 Å². The average molecular weight is 489 g/mol. The highest BCUT2D eigenvalue weighted by Gasteiger charge is 2.16. The summed E-state index contributed by atoms with van der Waals surface area (Å²) in [6.07, 6.45) is 7.25. The van der Waals surface area contributed by atoms with Gasteiger partial charge in [-0.05, 0) is 48.5 Å². The van der Waals surface area contributed by atoms with Gasteiger partial charge in [0.15, 0.2) is 0 Å². The molecule has 4 rings (SSSR count). The van der Waals surface area contributed by atoms with E-state index in [1.165, 1.54) is 12.8 Å². The Morgan fingerprint density at radius 2 is 1.75 bits per heavy atom. The maximum atomic E-state index is 12.1. The highest BCUT2D eigenvalue weighted by molar-refractivity contribution is 5.94. The van der Waals surface area contributed by atoms with Crippen LogP contribution in [0.15, 0.2) is 54.9 Å². The summed E-state index contributed by atoms with van der Waals surface area (Å²) in [5, 5.41) is 3.30. The topological polar surface area (TPSA) is 91.8 Å². The summed E-state index contributed by atoms with van der Waals surface area (Å²) < 4.78 is 5.31. The number of nitrogens with one attached hydrogen (secondary N) is 2. The first-order chi connectivity index (χ1) is 17.6. The van der Waals surface area contributed by atoms with E-state index in [-0.39, 0.29) is 5.91 Å². The summed E-state index contributed by atoms with van der Waals surface area (Å²) in [4.78, 5) is 30.6. The number of rotatable bonds is 9. The monoisotopic (exact) mass is 488 g/mol. The largest absolute Gasteiger partial charge is 0.497 e. The van der Waals surface area contributed by atoms with E-state index >= 15 is 0 Å². The number of hydrogen-bond donors (Lipinski definition) is 2. The summed E-state index contributed by atoms with van der Waals surface area (Å²) in [6.45, 7) is 7.54. The molecule has 3 aromatic rings. The lowest BCUT2D eigenvalue weighted by Gasteiger charge is -2.35. The van der Waals surface area contributed by atoms with Gasteiger partial charge in [-0.3, -0.25) is 9.63 Å². The van der Waals surface area contributed by atoms with Gasteiger partial charge in [0.1, 0.15) is 5.75 Å². The van der Waals surface area contributed by atoms with Gasteiger partial charge in [0.2, 0.25) is 5.95 Å². The van der Waals surface area contributed by atoms with Crippen LogP contribution in [0.25, 0.3) is 12.2 Å². The van der Waals surface area contributed by atoms with Gasteiger partial charge in [-0.2, -0.15) is 0 Å². The molecule has 0 atom stereocenters. The minimum atomic E-state index is -0.350. The van der Waals surface area contributed by atoms with Crippen molar-refractivity contribution in [1.29, 1.82) is 0 Å². The zero-order chi connectivity index (χ0) is 25.3. The number of amides is 1. The van der Waals surface area contributed by atoms with Crippen LogP contribution in [0.2, 0.25) is 0 Å². The highest BCUT2D eigenvalue weighted by Crippen LogP contribution is 2.23. The second-order valence-electron chi connectivity index (χ2n) is 8.40. The molecule has 1 aliphatic rings. The second-order valence-corrected chi connectivity index (χ2v) is 8.40. The smallest absolute Gasteiger partial charge is 0.274 e. The molecule has 1 saturated heterocycles. The van der Waals surface area contributed by atoms with Crippen molar-refractivity contribution < 1.29 is 14.4 Å². The first-order valence-electron chi connectivity index (χ1n) is 11.9. The Balaban J connectivity index is 1.41. The molecule has 9 heteroatoms. The molecule has 2 aromatic carbocycles. The van der Waals surface area contributed by atoms with E-state index in [0.29, 0.717) is 17.3 Å². The molecular weight excluding hydrogens is 456 g/mol. The van der Waals surface area contributed by atoms with Crippen molar-refractivity contribution in [2.45, 2.75) is 6.92 Å². The standard InChI is InChI=1S/C27H32N6O3/c1-4-32-10-12-33(13-11-32)24-7-5-6-23(17-24)30-27-28-18-21(19-29-27)9-8-20-14-22(26(34)31-36-3)16-25(15-20)35-2/h5-9,14-19H,4,10-13H2,1-3H3,(H,31,34)(H,28,29,30). The maximum Gasteiger partial charge on any atom is 0.274 e. The molecule has 188 valence electrons. The van der Waals surface area contributed by atoms with Gasteiger partial charge < -0.3 is 19.9 Å². The lowest BCUT2D eigenvalue weighted by Crippen LogP contribution is -2.46. The Morgan fingerprint density at radius 1 is 1.00 bits per heavy atom. The molecule has 0 unspecified atom stereocenters. The molecule has 2 N–H and O–H groups in total. The predicted molar refractivity (Wildman–Crippen MR) is 142 cm³/mol. The number of hydroxylamine groups is 1. The first kappa shape index (κ1) is 25.2. The average Bonchev–Trinajstić information content (AvgIpc) is 2.93. The zero-order valence-electron chi connectivity index (χ0n) is 20.9. The van der Waals surface area contributed by atoms with E-state index in [1.807, 2.05) is 24.3 Å². The molecule has 1 amide bonds. The van der Waals surface area contributed by atoms with Crippen LogP contribution in [0.3, 0.4) is 0 Å². The third kappa shape index (κ3) is 6.59. The van der Waals surface area contributed by atoms with Crippen molar-refractivity contribution in [3.63, 3.8) is 0 Å². The van der Waals surface area contributed by atoms with Gasteiger partial charge in [0, 0.05) is 61.1 Å². The number of carbonyl (C=O) groups is 1. The van der Waals surface area contributed by atoms with Crippen molar-refractivity contribution in [1.82, 2.24) is 20.3 Å². The second kappa shape index (κ2) is 12.1. The number of hydrogen-bond acceptors (Lipinski definition) is 8. The van der Waals surface area contributed by atoms with Crippen LogP contribution < -0.4 is 20.4 Å². The lowest BCUT2D eigenvalue weighted by molar-refractivity contribution is 0.0537. The summed E-state index contributed by atoms with van der Waals surface area (Å²) in [5.41, 5.74) is 6.53. The minimum absolute atomic E-state index is 0.350. The Labute approximate surface area is 211 Å². The van der Waals surface area contributed by atoms with Crippen LogP contribution >= 0.6 is 0 Å². The number of methoxy groups -OCH3 is 1. The molecule has 2 heterocycles. The first-order valence-corrected chi connectivity index (χ1v) is 11.9. The molecule has 0 spiro atoms. The number of benzene rings is 2. The van der Waals surface area contributed by atoms with E-state index in [2.05, 4.69) is 55.7 Å². The van der Waals surface area contributed by atoms with Crippen LogP contribution in [0.4, 0.5) is 17.3 Å². The van der Waals surface area contributed by atoms with Crippen LogP contribution in [-0.4, -0.2) is 67.7 Å². The fourth-order valence-electron chi connectivity index (χ4n) is 4.03. The number of piperazine rings is 1. The van der Waals surface area contributed by atoms with Gasteiger partial charge in [-0.1, -0.05) is 25.1 Å². The Morgan fingerprint density at radius 3 is 2.44 bits per heavy atom. The van der Waals surface area contributed by atoms with Gasteiger partial charge in [0.25, 0.3) is 5.91 Å². The molecule has 0 bridgehead atoms. The molecule has 1 aliphatic heterocycles. The van der Waals surface area contributed by atoms with Gasteiger partial charge >= 0.3 is 0 Å². The third-order valence-electron chi connectivity index (χ3n) is 6.05. The Bertz CT molecular complexity index is 1190. The number of likely N-dealkylation sites (N-methyl/N-ethyl adjacent to an activating group) is 1. The molecular formula is C27H32N6O3. The molecule has 9 nitrogen and oxygen atoms in total. The van der Waals surface area contributed by atoms with E-state index < -0.39 is 0 Å². The normalized spacial score (nSPS) is 14.1. The molecule has 0 radical (unpaired) electrons. The molecule has 1 fully saturated rings. The van der Waals surface area contributed by atoms with Crippen molar-refractivity contribution in [2.75, 3.05) is 57.2 Å². The summed E-state index contributed by atoms with van der Waals surface area (Å²) in [7, 11) is 2.95. The minimum Gasteiger partial charge on any atom is -0.497 e. The summed E-state index contributed by atoms with van der Waals surface area (Å²) in [6, 6.07) is 13.6. The number of carbonyl (C=O) groups excluding carboxylic acids is 1. The number of anilines is 3. The van der Waals surface area contributed by atoms with Gasteiger partial charge in [0.05, 0.1) is 14.2 Å². The number of ether oxygens (including phenoxy) is 1. The summed E-state index contributed by atoms with van der Waals surface area (Å²) in [5.74, 6) is 0.751. The van der Waals surface area contributed by atoms with E-state index in [0.717, 1.165) is 49.5 Å². The predicted octanol–water partition coefficient (Wildman–Crippen LogP) is 3.83. The van der Waals surface area contributed by atoms with E-state index in [1.54, 1.807) is 31.6 Å². The van der Waals surface area contributed by atoms with Gasteiger partial charge in [-0.25, -0.2) is 15.4 Å². The highest BCUT2D eigenvalue weighted by atomic mass is 16.6. The zero-order valence-corrected chi connectivity index (χ0v) is 20.9. The van der Waals surface area contributed by atoms with E-state index in [4.69, 9.17) is 9.57 Å². The quantitative estimate of drug-likeness (QED) is 0.439. The molecule has 0 saturated carbocycles. The summed E-state index contributed by atoms with van der Waals surface area (Å²) >= 11 is 0. The van der Waals surface area contributed by atoms with Crippen molar-refractivity contribution in [3.05, 3.63) is 71.5 Å². The maximum absolute atomic E-state index is 12.1. The van der Waals surface area contributed by atoms with Gasteiger partial charge in [-0.15, -0.1) is 0 Å². The number of aromatic nitrogens is 2. The van der Waals surface area contributed by atoms with Crippen LogP contribution in [0.1, 0.15) is 28.4 Å². The van der Waals surface area contributed by atoms with Crippen molar-refractivity contribution >= 4 is 35.4 Å². The Hall–Kier alpha value is -3.95. The molecule has 36 heavy (non-hydrogen) atoms. The van der Waals surface area contributed by atoms with Crippen molar-refractivity contribution in [3.8, 4) is 5.75 Å². The fraction of sp³-hybridized carbons (Fsp3) is 0.296. The van der Waals surface area contributed by atoms with E-state index in [9.17, 15) is 4.79 Å². The Kier molecular flexibility index (Phi) is 8.48. The lowest BCUT2D eigenvalue weighted by atomic mass is 10.1. The van der Waals surface area contributed by atoms with Crippen molar-refractivity contribution in [2.24, 2.45) is 0 Å². The fourth-order valence-corrected chi connectivity index (χ4v) is 4.03. The molecule has 1 aromatic heterocycles. The third-order valence-corrected chi connectivity index (χ3v) is 6.05. The van der Waals surface area contributed by atoms with Crippen LogP contribution in [0.5, 0.6) is 5.75 Å². The van der Waals surface area contributed by atoms with Crippen LogP contribution in [-0.2, 0) is 4.84 Å². The number of nitrogens with zero attached hydrogens (tertiary/aromatic N) is 4. The SMILES string of the molecule is CCN1CCN(c2cccc(Nc3ncc(C=Cc4cc(OC)cc(C(=O)NOC)c4)cn3)c2)CC1. The molecule has 0 aliphatic carbocycles.